The second-order valence-corrected chi connectivity index (χ2v) is 17.4. The molecule has 3 aliphatic heterocycles. The van der Waals surface area contributed by atoms with Gasteiger partial charge < -0.3 is 34.3 Å². The number of ether oxygens (including phenoxy) is 3. The molecule has 2 unspecified atom stereocenters. The molecule has 0 spiro atoms. The van der Waals surface area contributed by atoms with Gasteiger partial charge in [-0.05, 0) is 48.1 Å². The smallest absolute Gasteiger partial charge is 0.341 e. The zero-order valence-corrected chi connectivity index (χ0v) is 35.8. The van der Waals surface area contributed by atoms with Crippen molar-refractivity contribution in [1.82, 2.24) is 24.7 Å². The fourth-order valence-corrected chi connectivity index (χ4v) is 9.02. The zero-order valence-electron chi connectivity index (χ0n) is 34.2. The van der Waals surface area contributed by atoms with Crippen molar-refractivity contribution in [3.8, 4) is 22.8 Å². The van der Waals surface area contributed by atoms with E-state index in [4.69, 9.17) is 30.8 Å². The Kier molecular flexibility index (Phi) is 12.7. The van der Waals surface area contributed by atoms with Gasteiger partial charge in [0.15, 0.2) is 27.8 Å². The van der Waals surface area contributed by atoms with E-state index in [-0.39, 0.29) is 47.3 Å². The van der Waals surface area contributed by atoms with E-state index in [0.29, 0.717) is 71.8 Å². The van der Waals surface area contributed by atoms with Crippen LogP contribution in [0, 0.1) is 11.2 Å². The number of fused-ring (bicyclic) bond motifs is 3. The SMILES string of the molecule is COC(=O)C1=C(CN2CCN(CCCOc3cc4c(cc3OC)-c3cc(=O)c(C(=O)O)cn3C(C(C)(C)C)C4)C(C(=O)O)C2)NC(c2nccs2)=N[C@H]1c1ccc(F)cc1Cl. The summed E-state index contributed by atoms with van der Waals surface area (Å²) < 4.78 is 33.2. The first kappa shape index (κ1) is 43.5. The molecule has 0 bridgehead atoms. The summed E-state index contributed by atoms with van der Waals surface area (Å²) in [5.74, 6) is -2.15. The van der Waals surface area contributed by atoms with Gasteiger partial charge in [0.2, 0.25) is 0 Å². The van der Waals surface area contributed by atoms with Gasteiger partial charge in [-0.25, -0.2) is 19.0 Å². The summed E-state index contributed by atoms with van der Waals surface area (Å²) in [7, 11) is 2.77. The van der Waals surface area contributed by atoms with Crippen molar-refractivity contribution >= 4 is 46.7 Å². The van der Waals surface area contributed by atoms with Crippen molar-refractivity contribution in [3.05, 3.63) is 108 Å². The topological polar surface area (TPSA) is 185 Å². The number of hydrogen-bond acceptors (Lipinski definition) is 13. The van der Waals surface area contributed by atoms with E-state index in [1.54, 1.807) is 17.6 Å². The average molecular weight is 877 g/mol. The fraction of sp³-hybridized carbons (Fsp3) is 0.395. The van der Waals surface area contributed by atoms with E-state index in [1.807, 2.05) is 20.4 Å². The maximum atomic E-state index is 14.1. The van der Waals surface area contributed by atoms with Crippen molar-refractivity contribution < 1.29 is 43.2 Å². The molecule has 0 radical (unpaired) electrons. The highest BCUT2D eigenvalue weighted by atomic mass is 35.5. The minimum absolute atomic E-state index is 0.0825. The fourth-order valence-electron chi connectivity index (χ4n) is 8.16. The monoisotopic (exact) mass is 876 g/mol. The molecular weight excluding hydrogens is 831 g/mol. The second-order valence-electron chi connectivity index (χ2n) is 16.1. The summed E-state index contributed by atoms with van der Waals surface area (Å²) in [5, 5.41) is 25.8. The lowest BCUT2D eigenvalue weighted by atomic mass is 9.78. The Hall–Kier alpha value is -5.62. The molecule has 15 nitrogen and oxygen atoms in total. The molecule has 3 aliphatic rings. The van der Waals surface area contributed by atoms with Crippen LogP contribution in [0.4, 0.5) is 4.39 Å². The molecule has 1 fully saturated rings. The Balaban J connectivity index is 1.06. The maximum absolute atomic E-state index is 14.1. The number of aromatic carboxylic acids is 1. The van der Waals surface area contributed by atoms with Crippen molar-refractivity contribution in [2.24, 2.45) is 10.4 Å². The summed E-state index contributed by atoms with van der Waals surface area (Å²) in [4.78, 5) is 63.8. The number of carbonyl (C=O) groups is 3. The third-order valence-corrected chi connectivity index (χ3v) is 12.3. The first-order valence-corrected chi connectivity index (χ1v) is 20.9. The van der Waals surface area contributed by atoms with Crippen LogP contribution in [0.2, 0.25) is 5.02 Å². The molecule has 1 saturated heterocycles. The van der Waals surface area contributed by atoms with Crippen LogP contribution < -0.4 is 20.2 Å². The van der Waals surface area contributed by atoms with Crippen molar-refractivity contribution in [2.45, 2.75) is 51.7 Å². The Labute approximate surface area is 360 Å². The lowest BCUT2D eigenvalue weighted by Crippen LogP contribution is -2.57. The number of piperazine rings is 1. The van der Waals surface area contributed by atoms with Gasteiger partial charge in [-0.15, -0.1) is 11.3 Å². The van der Waals surface area contributed by atoms with Gasteiger partial charge in [-0.3, -0.25) is 24.4 Å². The number of nitrogens with zero attached hydrogens (tertiary/aromatic N) is 5. The molecule has 61 heavy (non-hydrogen) atoms. The molecule has 3 N–H and O–H groups in total. The zero-order chi connectivity index (χ0) is 43.7. The van der Waals surface area contributed by atoms with Gasteiger partial charge >= 0.3 is 17.9 Å². The molecule has 2 aromatic heterocycles. The normalized spacial score (nSPS) is 19.3. The first-order valence-electron chi connectivity index (χ1n) is 19.6. The number of methoxy groups -OCH3 is 2. The van der Waals surface area contributed by atoms with Crippen LogP contribution in [0.3, 0.4) is 0 Å². The second kappa shape index (κ2) is 17.8. The van der Waals surface area contributed by atoms with Gasteiger partial charge in [-0.2, -0.15) is 0 Å². The van der Waals surface area contributed by atoms with Crippen LogP contribution in [0.25, 0.3) is 11.3 Å². The number of aliphatic carboxylic acids is 1. The van der Waals surface area contributed by atoms with E-state index in [9.17, 15) is 33.8 Å². The van der Waals surface area contributed by atoms with Crippen molar-refractivity contribution in [3.63, 3.8) is 0 Å². The van der Waals surface area contributed by atoms with E-state index in [1.165, 1.54) is 50.0 Å². The van der Waals surface area contributed by atoms with E-state index in [0.717, 1.165) is 17.2 Å². The number of carbonyl (C=O) groups excluding carboxylic acids is 1. The van der Waals surface area contributed by atoms with Crippen LogP contribution in [0.15, 0.2) is 75.2 Å². The number of amidine groups is 1. The third-order valence-electron chi connectivity index (χ3n) is 11.2. The van der Waals surface area contributed by atoms with Crippen LogP contribution in [-0.4, -0.2) is 113 Å². The van der Waals surface area contributed by atoms with E-state index >= 15 is 0 Å². The number of esters is 1. The average Bonchev–Trinajstić information content (AvgIpc) is 3.76. The number of halogens is 2. The van der Waals surface area contributed by atoms with Crippen LogP contribution >= 0.6 is 22.9 Å². The Morgan fingerprint density at radius 1 is 1.08 bits per heavy atom. The number of hydrogen-bond donors (Lipinski definition) is 3. The summed E-state index contributed by atoms with van der Waals surface area (Å²) in [6, 6.07) is 6.99. The molecule has 0 aliphatic carbocycles. The number of pyridine rings is 1. The highest BCUT2D eigenvalue weighted by Gasteiger charge is 2.38. The predicted octanol–water partition coefficient (Wildman–Crippen LogP) is 5.67. The van der Waals surface area contributed by atoms with Crippen LogP contribution in [-0.2, 0) is 20.7 Å². The highest BCUT2D eigenvalue weighted by Crippen LogP contribution is 2.46. The molecule has 322 valence electrons. The highest BCUT2D eigenvalue weighted by molar-refractivity contribution is 7.11. The van der Waals surface area contributed by atoms with Crippen molar-refractivity contribution in [2.75, 3.05) is 53.6 Å². The molecule has 3 atom stereocenters. The lowest BCUT2D eigenvalue weighted by Gasteiger charge is -2.40. The van der Waals surface area contributed by atoms with Gasteiger partial charge in [0, 0.05) is 84.5 Å². The Bertz CT molecular complexity index is 2480. The number of carboxylic acids is 2. The molecular formula is C43H46ClFN6O9S. The molecule has 7 rings (SSSR count). The minimum atomic E-state index is -1.28. The summed E-state index contributed by atoms with van der Waals surface area (Å²) in [5.41, 5.74) is 2.13. The van der Waals surface area contributed by atoms with Crippen molar-refractivity contribution in [1.29, 1.82) is 0 Å². The number of benzene rings is 2. The number of aliphatic imine (C=N–C) groups is 1. The van der Waals surface area contributed by atoms with E-state index < -0.39 is 41.2 Å². The summed E-state index contributed by atoms with van der Waals surface area (Å²) in [6.07, 6.45) is 4.12. The quantitative estimate of drug-likeness (QED) is 0.110. The minimum Gasteiger partial charge on any atom is -0.493 e. The molecule has 2 aromatic carbocycles. The third kappa shape index (κ3) is 9.05. The molecule has 18 heteroatoms. The molecule has 0 saturated carbocycles. The largest absolute Gasteiger partial charge is 0.493 e. The maximum Gasteiger partial charge on any atom is 0.341 e. The van der Waals surface area contributed by atoms with Crippen LogP contribution in [0.1, 0.15) is 65.8 Å². The number of rotatable bonds is 13. The van der Waals surface area contributed by atoms with E-state index in [2.05, 4.69) is 31.1 Å². The Morgan fingerprint density at radius 2 is 1.87 bits per heavy atom. The lowest BCUT2D eigenvalue weighted by molar-refractivity contribution is -0.146. The van der Waals surface area contributed by atoms with Gasteiger partial charge in [-0.1, -0.05) is 38.4 Å². The molecule has 4 aromatic rings. The summed E-state index contributed by atoms with van der Waals surface area (Å²) >= 11 is 7.84. The number of aromatic nitrogens is 2. The molecule has 5 heterocycles. The molecule has 0 amide bonds. The van der Waals surface area contributed by atoms with Gasteiger partial charge in [0.05, 0.1) is 32.1 Å². The van der Waals surface area contributed by atoms with Crippen LogP contribution in [0.5, 0.6) is 11.5 Å². The first-order chi connectivity index (χ1) is 29.1. The standard InChI is InChI=1S/C43H46ClFN6O9S/c1-43(2,3)35-16-23-15-34(33(58-4)18-26(23)30-19-32(52)27(40(53)54)20-51(30)35)60-13-6-10-50-12-11-49(22-31(50)41(55)56)21-29-36(42(57)59-5)37(25-8-7-24(45)17-28(25)44)48-38(47-29)39-46-9-14-61-39/h7-9,14-15,17-20,31,35,37H,6,10-13,16,21-22H2,1-5H3,(H,47,48)(H,53,54)(H,55,56)/t31?,35?,37-/m0/s1. The predicted molar refractivity (Wildman–Crippen MR) is 226 cm³/mol. The van der Waals surface area contributed by atoms with Gasteiger partial charge in [0.1, 0.15) is 23.5 Å². The Morgan fingerprint density at radius 3 is 2.52 bits per heavy atom. The van der Waals surface area contributed by atoms with Gasteiger partial charge in [0.25, 0.3) is 0 Å². The number of thiazole rings is 1. The number of nitrogens with one attached hydrogen (secondary N) is 1. The number of carboxylic acid groups (broad SMARTS) is 2. The summed E-state index contributed by atoms with van der Waals surface area (Å²) in [6.45, 7) is 8.07.